The molecule has 0 atom stereocenters. The van der Waals surface area contributed by atoms with E-state index >= 15 is 0 Å². The second-order valence-electron chi connectivity index (χ2n) is 5.00. The topological polar surface area (TPSA) is 71.5 Å². The third kappa shape index (κ3) is 4.40. The van der Waals surface area contributed by atoms with Crippen LogP contribution in [0.5, 0.6) is 0 Å². The number of benzene rings is 2. The van der Waals surface area contributed by atoms with Gasteiger partial charge >= 0.3 is 5.97 Å². The van der Waals surface area contributed by atoms with E-state index in [1.807, 2.05) is 0 Å². The van der Waals surface area contributed by atoms with Crippen LogP contribution in [0.15, 0.2) is 54.1 Å². The Morgan fingerprint density at radius 1 is 1.12 bits per heavy atom. The molecule has 0 unspecified atom stereocenters. The van der Waals surface area contributed by atoms with Gasteiger partial charge in [0.1, 0.15) is 11.6 Å². The summed E-state index contributed by atoms with van der Waals surface area (Å²) in [5.41, 5.74) is 1.95. The van der Waals surface area contributed by atoms with Crippen molar-refractivity contribution < 1.29 is 14.3 Å². The van der Waals surface area contributed by atoms with Gasteiger partial charge in [0, 0.05) is 11.1 Å². The average molecular weight is 330 g/mol. The van der Waals surface area contributed by atoms with Crippen LogP contribution in [0.2, 0.25) is 0 Å². The normalized spacial score (nSPS) is 10.4. The fraction of sp³-hybridized carbons (Fsp3) is 0.100. The van der Waals surface area contributed by atoms with Crippen molar-refractivity contribution in [3.63, 3.8) is 0 Å². The number of hydrogen-bond acceptors (Lipinski definition) is 4. The highest BCUT2D eigenvalue weighted by Gasteiger charge is 2.11. The Hall–Kier alpha value is -3.70. The lowest BCUT2D eigenvalue weighted by Crippen LogP contribution is -2.06. The molecule has 5 nitrogen and oxygen atoms in total. The van der Waals surface area contributed by atoms with Crippen LogP contribution in [0.25, 0.3) is 10.9 Å². The summed E-state index contributed by atoms with van der Waals surface area (Å²) < 4.78 is 4.80. The summed E-state index contributed by atoms with van der Waals surface area (Å²) in [4.78, 5) is 27.3. The molecule has 0 spiro atoms. The number of esters is 1. The van der Waals surface area contributed by atoms with E-state index in [1.165, 1.54) is 6.08 Å². The van der Waals surface area contributed by atoms with Crippen molar-refractivity contribution in [1.29, 1.82) is 5.26 Å². The minimum Gasteiger partial charge on any atom is -0.462 e. The van der Waals surface area contributed by atoms with E-state index in [0.29, 0.717) is 22.4 Å². The molecule has 0 N–H and O–H groups in total. The first-order valence-electron chi connectivity index (χ1n) is 7.50. The minimum absolute atomic E-state index is 0.101. The molecule has 122 valence electrons. The lowest BCUT2D eigenvalue weighted by atomic mass is 10.0. The lowest BCUT2D eigenvalue weighted by molar-refractivity contribution is -0.137. The number of carbonyl (C=O) groups excluding carboxylic acids is 2. The molecule has 0 amide bonds. The molecule has 0 aliphatic rings. The van der Waals surface area contributed by atoms with Crippen LogP contribution < -0.4 is 0 Å². The van der Waals surface area contributed by atoms with Gasteiger partial charge in [-0.05, 0) is 18.6 Å². The van der Waals surface area contributed by atoms with Crippen LogP contribution in [0.3, 0.4) is 0 Å². The molecule has 0 aliphatic carbocycles. The zero-order chi connectivity index (χ0) is 18.2. The van der Waals surface area contributed by atoms with Gasteiger partial charge in [-0.25, -0.2) is 9.64 Å². The van der Waals surface area contributed by atoms with E-state index in [1.54, 1.807) is 61.5 Å². The maximum absolute atomic E-state index is 12.4. The molecule has 0 radical (unpaired) electrons. The van der Waals surface area contributed by atoms with Gasteiger partial charge in [-0.2, -0.15) is 5.26 Å². The summed E-state index contributed by atoms with van der Waals surface area (Å²) in [5.74, 6) is -0.844. The number of ether oxygens (including phenoxy) is 1. The highest BCUT2D eigenvalue weighted by molar-refractivity contribution is 6.09. The van der Waals surface area contributed by atoms with Crippen LogP contribution in [0.4, 0.5) is 5.69 Å². The van der Waals surface area contributed by atoms with E-state index < -0.39 is 5.97 Å². The maximum atomic E-state index is 12.4. The number of rotatable bonds is 5. The van der Waals surface area contributed by atoms with Gasteiger partial charge < -0.3 is 4.74 Å². The van der Waals surface area contributed by atoms with Gasteiger partial charge in [-0.15, -0.1) is 0 Å². The predicted octanol–water partition coefficient (Wildman–Crippen LogP) is 3.94. The zero-order valence-electron chi connectivity index (χ0n) is 13.5. The lowest BCUT2D eigenvalue weighted by Gasteiger charge is -2.03. The number of hydrogen-bond donors (Lipinski definition) is 0. The fourth-order valence-electron chi connectivity index (χ4n) is 2.10. The van der Waals surface area contributed by atoms with Crippen molar-refractivity contribution in [2.75, 3.05) is 6.61 Å². The number of carbonyl (C=O) groups is 2. The van der Waals surface area contributed by atoms with Gasteiger partial charge in [0.05, 0.1) is 13.2 Å². The van der Waals surface area contributed by atoms with E-state index in [0.717, 1.165) is 0 Å². The molecule has 0 fully saturated rings. The third-order valence-electron chi connectivity index (χ3n) is 3.36. The summed E-state index contributed by atoms with van der Waals surface area (Å²) in [7, 11) is 0. The number of nitriles is 1. The molecule has 0 saturated carbocycles. The van der Waals surface area contributed by atoms with Gasteiger partial charge in [0.25, 0.3) is 0 Å². The minimum atomic E-state index is -0.676. The summed E-state index contributed by atoms with van der Waals surface area (Å²) >= 11 is 0. The first-order valence-corrected chi connectivity index (χ1v) is 7.50. The molecule has 0 saturated heterocycles. The molecular formula is C20H14N2O3. The van der Waals surface area contributed by atoms with Crippen molar-refractivity contribution in [2.24, 2.45) is 0 Å². The first kappa shape index (κ1) is 17.7. The quantitative estimate of drug-likeness (QED) is 0.274. The van der Waals surface area contributed by atoms with E-state index in [2.05, 4.69) is 4.85 Å². The summed E-state index contributed by atoms with van der Waals surface area (Å²) in [6, 6.07) is 14.8. The van der Waals surface area contributed by atoms with Gasteiger partial charge in [-0.1, -0.05) is 48.5 Å². The molecule has 0 heterocycles. The second-order valence-corrected chi connectivity index (χ2v) is 5.00. The molecule has 2 aromatic rings. The molecule has 0 bridgehead atoms. The highest BCUT2D eigenvalue weighted by atomic mass is 16.5. The molecule has 2 rings (SSSR count). The Morgan fingerprint density at radius 3 is 2.16 bits per heavy atom. The van der Waals surface area contributed by atoms with Crippen molar-refractivity contribution in [2.45, 2.75) is 6.92 Å². The monoisotopic (exact) mass is 330 g/mol. The van der Waals surface area contributed by atoms with Gasteiger partial charge in [-0.3, -0.25) is 4.79 Å². The Morgan fingerprint density at radius 2 is 1.68 bits per heavy atom. The van der Waals surface area contributed by atoms with E-state index in [-0.39, 0.29) is 18.0 Å². The summed E-state index contributed by atoms with van der Waals surface area (Å²) in [6.45, 7) is 8.77. The van der Waals surface area contributed by atoms with Crippen LogP contribution in [-0.4, -0.2) is 18.4 Å². The van der Waals surface area contributed by atoms with Crippen molar-refractivity contribution in [1.82, 2.24) is 0 Å². The number of ketones is 1. The SMILES string of the molecule is [C-]#[N+]c1ccc(C(=O)c2ccc(C=C(C#N)C(=O)OCC)cc2)cc1. The van der Waals surface area contributed by atoms with Gasteiger partial charge in [0.15, 0.2) is 11.5 Å². The maximum Gasteiger partial charge on any atom is 0.348 e. The molecule has 5 heteroatoms. The molecular weight excluding hydrogens is 316 g/mol. The van der Waals surface area contributed by atoms with Crippen LogP contribution in [0.1, 0.15) is 28.4 Å². The smallest absolute Gasteiger partial charge is 0.348 e. The zero-order valence-corrected chi connectivity index (χ0v) is 13.5. The number of nitrogens with zero attached hydrogens (tertiary/aromatic N) is 2. The molecule has 25 heavy (non-hydrogen) atoms. The predicted molar refractivity (Wildman–Crippen MR) is 92.8 cm³/mol. The summed E-state index contributed by atoms with van der Waals surface area (Å²) in [6.07, 6.45) is 1.41. The van der Waals surface area contributed by atoms with Crippen LogP contribution in [-0.2, 0) is 9.53 Å². The highest BCUT2D eigenvalue weighted by Crippen LogP contribution is 2.17. The average Bonchev–Trinajstić information content (AvgIpc) is 2.66. The van der Waals surface area contributed by atoms with E-state index in [4.69, 9.17) is 16.6 Å². The standard InChI is InChI=1S/C20H14N2O3/c1-3-25-20(24)17(13-21)12-14-4-6-15(7-5-14)19(23)16-8-10-18(22-2)11-9-16/h4-12H,3H2,1H3. The Bertz CT molecular complexity index is 896. The van der Waals surface area contributed by atoms with Crippen LogP contribution in [0, 0.1) is 17.9 Å². The summed E-state index contributed by atoms with van der Waals surface area (Å²) in [5, 5.41) is 9.02. The Kier molecular flexibility index (Phi) is 5.81. The second kappa shape index (κ2) is 8.24. The van der Waals surface area contributed by atoms with Crippen molar-refractivity contribution in [3.05, 3.63) is 82.2 Å². The van der Waals surface area contributed by atoms with Gasteiger partial charge in [0.2, 0.25) is 0 Å². The largest absolute Gasteiger partial charge is 0.462 e. The fourth-order valence-corrected chi connectivity index (χ4v) is 2.10. The molecule has 0 aromatic heterocycles. The van der Waals surface area contributed by atoms with Crippen molar-refractivity contribution in [3.8, 4) is 6.07 Å². The first-order chi connectivity index (χ1) is 12.1. The Balaban J connectivity index is 2.21. The third-order valence-corrected chi connectivity index (χ3v) is 3.36. The van der Waals surface area contributed by atoms with E-state index in [9.17, 15) is 9.59 Å². The van der Waals surface area contributed by atoms with Crippen molar-refractivity contribution >= 4 is 23.5 Å². The van der Waals surface area contributed by atoms with Crippen LogP contribution >= 0.6 is 0 Å². The molecule has 2 aromatic carbocycles. The Labute approximate surface area is 145 Å². The molecule has 0 aliphatic heterocycles.